The van der Waals surface area contributed by atoms with Gasteiger partial charge in [0.1, 0.15) is 0 Å². The summed E-state index contributed by atoms with van der Waals surface area (Å²) in [7, 11) is 0. The molecule has 0 heterocycles. The zero-order valence-electron chi connectivity index (χ0n) is 12.6. The summed E-state index contributed by atoms with van der Waals surface area (Å²) in [5.41, 5.74) is 6.39. The van der Waals surface area contributed by atoms with Crippen molar-refractivity contribution in [3.8, 4) is 0 Å². The molecule has 1 aliphatic carbocycles. The molecule has 1 aromatic carbocycles. The topological polar surface area (TPSA) is 55.1 Å². The van der Waals surface area contributed by atoms with Crippen LogP contribution in [0.1, 0.15) is 45.1 Å². The first-order valence-corrected chi connectivity index (χ1v) is 7.62. The summed E-state index contributed by atoms with van der Waals surface area (Å²) >= 11 is 0. The van der Waals surface area contributed by atoms with Crippen LogP contribution in [0.2, 0.25) is 0 Å². The summed E-state index contributed by atoms with van der Waals surface area (Å²) in [6.07, 6.45) is 4.61. The number of amides is 1. The van der Waals surface area contributed by atoms with E-state index in [1.807, 2.05) is 44.2 Å². The van der Waals surface area contributed by atoms with Crippen molar-refractivity contribution in [3.05, 3.63) is 35.9 Å². The molecule has 0 saturated heterocycles. The zero-order chi connectivity index (χ0) is 14.6. The van der Waals surface area contributed by atoms with Crippen molar-refractivity contribution in [2.75, 3.05) is 6.54 Å². The van der Waals surface area contributed by atoms with Crippen molar-refractivity contribution >= 4 is 5.91 Å². The average molecular weight is 274 g/mol. The van der Waals surface area contributed by atoms with Gasteiger partial charge in [0.2, 0.25) is 5.91 Å². The lowest BCUT2D eigenvalue weighted by Crippen LogP contribution is -2.50. The van der Waals surface area contributed by atoms with E-state index in [-0.39, 0.29) is 11.9 Å². The van der Waals surface area contributed by atoms with E-state index in [1.165, 1.54) is 12.8 Å². The normalized spacial score (nSPS) is 23.4. The third-order valence-electron chi connectivity index (χ3n) is 4.59. The van der Waals surface area contributed by atoms with Crippen molar-refractivity contribution in [1.82, 2.24) is 5.32 Å². The Labute approximate surface area is 121 Å². The van der Waals surface area contributed by atoms with Crippen LogP contribution in [0, 0.1) is 5.92 Å². The molecule has 2 rings (SSSR count). The molecule has 0 aliphatic heterocycles. The summed E-state index contributed by atoms with van der Waals surface area (Å²) in [5.74, 6) is 0.535. The molecule has 3 nitrogen and oxygen atoms in total. The molecular formula is C17H26N2O. The van der Waals surface area contributed by atoms with Gasteiger partial charge >= 0.3 is 0 Å². The van der Waals surface area contributed by atoms with Gasteiger partial charge in [0.25, 0.3) is 0 Å². The first-order chi connectivity index (χ1) is 9.55. The number of nitrogens with one attached hydrogen (secondary N) is 1. The fourth-order valence-electron chi connectivity index (χ4n) is 3.01. The first kappa shape index (κ1) is 15.0. The number of benzene rings is 1. The van der Waals surface area contributed by atoms with E-state index in [2.05, 4.69) is 5.32 Å². The van der Waals surface area contributed by atoms with Crippen molar-refractivity contribution in [3.63, 3.8) is 0 Å². The van der Waals surface area contributed by atoms with Gasteiger partial charge in [-0.25, -0.2) is 0 Å². The highest BCUT2D eigenvalue weighted by atomic mass is 16.2. The van der Waals surface area contributed by atoms with Crippen molar-refractivity contribution in [2.24, 2.45) is 11.7 Å². The van der Waals surface area contributed by atoms with Crippen LogP contribution in [0.4, 0.5) is 0 Å². The van der Waals surface area contributed by atoms with Crippen molar-refractivity contribution in [2.45, 2.75) is 51.0 Å². The summed E-state index contributed by atoms with van der Waals surface area (Å²) in [6.45, 7) is 4.63. The van der Waals surface area contributed by atoms with Crippen LogP contribution < -0.4 is 11.1 Å². The Hall–Kier alpha value is -1.35. The standard InChI is InChI=1S/C17H26N2O/c1-17(2,14-9-4-3-5-10-14)16(20)19-15-11-7-6-8-13(15)12-18/h3-5,9-10,13,15H,6-8,11-12,18H2,1-2H3,(H,19,20). The molecule has 20 heavy (non-hydrogen) atoms. The van der Waals surface area contributed by atoms with Gasteiger partial charge < -0.3 is 11.1 Å². The maximum Gasteiger partial charge on any atom is 0.230 e. The Bertz CT molecular complexity index is 442. The molecule has 1 aliphatic rings. The lowest BCUT2D eigenvalue weighted by molar-refractivity contribution is -0.127. The Morgan fingerprint density at radius 2 is 1.90 bits per heavy atom. The van der Waals surface area contributed by atoms with Crippen LogP contribution >= 0.6 is 0 Å². The second-order valence-electron chi connectivity index (χ2n) is 6.35. The maximum absolute atomic E-state index is 12.6. The number of carbonyl (C=O) groups is 1. The predicted octanol–water partition coefficient (Wildman–Crippen LogP) is 2.60. The molecule has 0 spiro atoms. The van der Waals surface area contributed by atoms with E-state index in [9.17, 15) is 4.79 Å². The second kappa shape index (κ2) is 6.40. The van der Waals surface area contributed by atoms with Crippen LogP contribution in [0.3, 0.4) is 0 Å². The second-order valence-corrected chi connectivity index (χ2v) is 6.35. The van der Waals surface area contributed by atoms with Gasteiger partial charge in [0.15, 0.2) is 0 Å². The third kappa shape index (κ3) is 3.21. The highest BCUT2D eigenvalue weighted by Gasteiger charge is 2.33. The lowest BCUT2D eigenvalue weighted by atomic mass is 9.81. The Morgan fingerprint density at radius 1 is 1.25 bits per heavy atom. The van der Waals surface area contributed by atoms with Gasteiger partial charge in [-0.15, -0.1) is 0 Å². The third-order valence-corrected chi connectivity index (χ3v) is 4.59. The van der Waals surface area contributed by atoms with Crippen molar-refractivity contribution < 1.29 is 4.79 Å². The number of hydrogen-bond donors (Lipinski definition) is 2. The smallest absolute Gasteiger partial charge is 0.230 e. The fraction of sp³-hybridized carbons (Fsp3) is 0.588. The van der Waals surface area contributed by atoms with Gasteiger partial charge in [0.05, 0.1) is 5.41 Å². The molecule has 1 amide bonds. The van der Waals surface area contributed by atoms with E-state index >= 15 is 0 Å². The van der Waals surface area contributed by atoms with Gasteiger partial charge in [-0.05, 0) is 44.7 Å². The molecule has 0 radical (unpaired) electrons. The maximum atomic E-state index is 12.6. The summed E-state index contributed by atoms with van der Waals surface area (Å²) in [6, 6.07) is 10.2. The van der Waals surface area contributed by atoms with E-state index in [4.69, 9.17) is 5.73 Å². The molecule has 1 aromatic rings. The molecule has 2 unspecified atom stereocenters. The zero-order valence-corrected chi connectivity index (χ0v) is 12.6. The predicted molar refractivity (Wildman–Crippen MR) is 82.4 cm³/mol. The highest BCUT2D eigenvalue weighted by molar-refractivity contribution is 5.87. The molecule has 2 atom stereocenters. The number of rotatable bonds is 4. The van der Waals surface area contributed by atoms with E-state index < -0.39 is 5.41 Å². The Morgan fingerprint density at radius 3 is 2.55 bits per heavy atom. The van der Waals surface area contributed by atoms with Crippen molar-refractivity contribution in [1.29, 1.82) is 0 Å². The van der Waals surface area contributed by atoms with Gasteiger partial charge in [0, 0.05) is 6.04 Å². The van der Waals surface area contributed by atoms with Crippen LogP contribution in [0.25, 0.3) is 0 Å². The molecular weight excluding hydrogens is 248 g/mol. The molecule has 3 N–H and O–H groups in total. The van der Waals surface area contributed by atoms with Crippen LogP contribution in [0.15, 0.2) is 30.3 Å². The summed E-state index contributed by atoms with van der Waals surface area (Å²) in [5, 5.41) is 3.24. The first-order valence-electron chi connectivity index (χ1n) is 7.62. The largest absolute Gasteiger partial charge is 0.352 e. The van der Waals surface area contributed by atoms with E-state index in [1.54, 1.807) is 0 Å². The highest BCUT2D eigenvalue weighted by Crippen LogP contribution is 2.27. The molecule has 1 saturated carbocycles. The minimum atomic E-state index is -0.502. The van der Waals surface area contributed by atoms with E-state index in [0.29, 0.717) is 12.5 Å². The SMILES string of the molecule is CC(C)(C(=O)NC1CCCCC1CN)c1ccccc1. The molecule has 0 bridgehead atoms. The van der Waals surface area contributed by atoms with Crippen LogP contribution in [-0.2, 0) is 10.2 Å². The van der Waals surface area contributed by atoms with Gasteiger partial charge in [-0.3, -0.25) is 4.79 Å². The molecule has 3 heteroatoms. The van der Waals surface area contributed by atoms with Crippen LogP contribution in [-0.4, -0.2) is 18.5 Å². The molecule has 110 valence electrons. The molecule has 0 aromatic heterocycles. The monoisotopic (exact) mass is 274 g/mol. The average Bonchev–Trinajstić information content (AvgIpc) is 2.48. The number of carbonyl (C=O) groups excluding carboxylic acids is 1. The van der Waals surface area contributed by atoms with Gasteiger partial charge in [-0.2, -0.15) is 0 Å². The summed E-state index contributed by atoms with van der Waals surface area (Å²) in [4.78, 5) is 12.6. The number of nitrogens with two attached hydrogens (primary N) is 1. The quantitative estimate of drug-likeness (QED) is 0.886. The summed E-state index contributed by atoms with van der Waals surface area (Å²) < 4.78 is 0. The Kier molecular flexibility index (Phi) is 4.81. The minimum Gasteiger partial charge on any atom is -0.352 e. The number of hydrogen-bond acceptors (Lipinski definition) is 2. The fourth-order valence-corrected chi connectivity index (χ4v) is 3.01. The van der Waals surface area contributed by atoms with Crippen LogP contribution in [0.5, 0.6) is 0 Å². The van der Waals surface area contributed by atoms with Gasteiger partial charge in [-0.1, -0.05) is 43.2 Å². The lowest BCUT2D eigenvalue weighted by Gasteiger charge is -2.34. The Balaban J connectivity index is 2.07. The van der Waals surface area contributed by atoms with E-state index in [0.717, 1.165) is 18.4 Å². The minimum absolute atomic E-state index is 0.106. The molecule has 1 fully saturated rings.